The molecule has 13 rings (SSSR count). The summed E-state index contributed by atoms with van der Waals surface area (Å²) in [5.41, 5.74) is 27.6. The Morgan fingerprint density at radius 2 is 0.545 bits per heavy atom. The third-order valence-electron chi connectivity index (χ3n) is 19.3. The van der Waals surface area contributed by atoms with E-state index in [9.17, 15) is 0 Å². The molecular weight excluding hydrogens is 1060 g/mol. The predicted molar refractivity (Wildman–Crippen MR) is 385 cm³/mol. The minimum absolute atomic E-state index is 0.00449. The van der Waals surface area contributed by atoms with E-state index in [1.54, 1.807) is 0 Å². The highest BCUT2D eigenvalue weighted by molar-refractivity contribution is 7.00. The van der Waals surface area contributed by atoms with Crippen molar-refractivity contribution >= 4 is 101 Å². The maximum absolute atomic E-state index is 2.63. The molecule has 0 bridgehead atoms. The van der Waals surface area contributed by atoms with E-state index in [4.69, 9.17) is 0 Å². The van der Waals surface area contributed by atoms with Crippen molar-refractivity contribution in [3.05, 3.63) is 209 Å². The molecule has 0 fully saturated rings. The van der Waals surface area contributed by atoms with Crippen LogP contribution in [0.15, 0.2) is 170 Å². The monoisotopic (exact) mass is 1160 g/mol. The van der Waals surface area contributed by atoms with E-state index in [1.807, 2.05) is 0 Å². The highest BCUT2D eigenvalue weighted by Crippen LogP contribution is 2.49. The highest BCUT2D eigenvalue weighted by Gasteiger charge is 2.45. The predicted octanol–water partition coefficient (Wildman–Crippen LogP) is 21.3. The van der Waals surface area contributed by atoms with Gasteiger partial charge in [0.15, 0.2) is 0 Å². The van der Waals surface area contributed by atoms with Gasteiger partial charge in [-0.15, -0.1) is 0 Å². The van der Waals surface area contributed by atoms with E-state index in [0.29, 0.717) is 0 Å². The van der Waals surface area contributed by atoms with Crippen molar-refractivity contribution in [2.75, 3.05) is 9.80 Å². The minimum atomic E-state index is -0.0827. The van der Waals surface area contributed by atoms with Gasteiger partial charge in [-0.3, -0.25) is 0 Å². The fraction of sp³-hybridized carbons (Fsp3) is 0.349. The molecule has 9 aromatic carbocycles. The molecule has 0 aliphatic carbocycles. The first kappa shape index (κ1) is 59.2. The second kappa shape index (κ2) is 19.9. The Kier molecular flexibility index (Phi) is 13.4. The molecule has 5 heteroatoms. The van der Waals surface area contributed by atoms with Crippen LogP contribution in [-0.4, -0.2) is 15.8 Å². The van der Waals surface area contributed by atoms with E-state index >= 15 is 0 Å². The van der Waals surface area contributed by atoms with Gasteiger partial charge < -0.3 is 18.9 Å². The van der Waals surface area contributed by atoms with Crippen LogP contribution in [0, 0.1) is 5.41 Å². The lowest BCUT2D eigenvalue weighted by Crippen LogP contribution is -2.61. The van der Waals surface area contributed by atoms with Crippen LogP contribution in [0.3, 0.4) is 0 Å². The molecule has 0 atom stereocenters. The quantitative estimate of drug-likeness (QED) is 0.160. The van der Waals surface area contributed by atoms with Crippen molar-refractivity contribution < 1.29 is 0 Å². The van der Waals surface area contributed by atoms with Gasteiger partial charge in [0, 0.05) is 67.0 Å². The van der Waals surface area contributed by atoms with Crippen molar-refractivity contribution in [2.24, 2.45) is 5.41 Å². The third-order valence-corrected chi connectivity index (χ3v) is 19.3. The highest BCUT2D eigenvalue weighted by atomic mass is 15.2. The summed E-state index contributed by atoms with van der Waals surface area (Å²) in [5.74, 6) is 0. The molecule has 4 nitrogen and oxygen atoms in total. The van der Waals surface area contributed by atoms with Crippen molar-refractivity contribution in [3.8, 4) is 11.4 Å². The molecule has 0 saturated heterocycles. The number of rotatable bonds is 5. The Hall–Kier alpha value is -7.76. The summed E-state index contributed by atoms with van der Waals surface area (Å²) in [7, 11) is 0. The third kappa shape index (κ3) is 10.1. The zero-order chi connectivity index (χ0) is 62.9. The first-order valence-corrected chi connectivity index (χ1v) is 32.5. The number of nitrogens with zero attached hydrogens (tertiary/aromatic N) is 4. The van der Waals surface area contributed by atoms with Gasteiger partial charge in [-0.25, -0.2) is 0 Å². The second-order valence-electron chi connectivity index (χ2n) is 33.6. The molecule has 0 radical (unpaired) electrons. The van der Waals surface area contributed by atoms with Gasteiger partial charge in [0.25, 0.3) is 6.71 Å². The molecule has 88 heavy (non-hydrogen) atoms. The van der Waals surface area contributed by atoms with Crippen LogP contribution in [0.4, 0.5) is 34.1 Å². The lowest BCUT2D eigenvalue weighted by molar-refractivity contribution is 0.411. The van der Waals surface area contributed by atoms with Gasteiger partial charge in [0.05, 0.1) is 22.1 Å². The van der Waals surface area contributed by atoms with Crippen LogP contribution in [-0.2, 0) is 38.9 Å². The van der Waals surface area contributed by atoms with Crippen LogP contribution in [0.1, 0.15) is 184 Å². The molecule has 2 aliphatic heterocycles. The Bertz CT molecular complexity index is 4180. The molecule has 11 aromatic rings. The topological polar surface area (TPSA) is 16.3 Å². The zero-order valence-corrected chi connectivity index (χ0v) is 56.7. The average molecular weight is 1160 g/mol. The molecular formula is C83H93BN4. The first-order valence-electron chi connectivity index (χ1n) is 32.5. The van der Waals surface area contributed by atoms with Crippen LogP contribution in [0.25, 0.3) is 55.0 Å². The standard InChI is InChI=1S/C83H93BN4/c1-77(2,3)50-51-42-74-76-75(43-51)86(59-32-24-53(25-33-59)79(7,8)9)73-49-61(88-70-40-28-56(82(16,17)18)46-64(70)65-47-57(83(19,20)21)29-41-71(65)88)35-37-67(73)84(76)66-36-34-60(48-72(66)85(74)58-30-22-52(23-31-58)78(4,5)6)87-68-38-26-54(80(10,11)12)44-62(68)63-45-55(81(13,14)15)27-39-69(63)87/h22-49H,50H2,1-21H3. The normalized spacial score (nSPS) is 14.2. The van der Waals surface area contributed by atoms with Crippen LogP contribution in [0.5, 0.6) is 0 Å². The lowest BCUT2D eigenvalue weighted by atomic mass is 9.33. The molecule has 0 saturated carbocycles. The summed E-state index contributed by atoms with van der Waals surface area (Å²) < 4.78 is 5.10. The fourth-order valence-electron chi connectivity index (χ4n) is 14.3. The number of hydrogen-bond donors (Lipinski definition) is 0. The van der Waals surface area contributed by atoms with Crippen molar-refractivity contribution in [2.45, 2.75) is 184 Å². The summed E-state index contributed by atoms with van der Waals surface area (Å²) >= 11 is 0. The largest absolute Gasteiger partial charge is 0.311 e. The first-order chi connectivity index (χ1) is 41.0. The molecule has 0 N–H and O–H groups in total. The van der Waals surface area contributed by atoms with Crippen molar-refractivity contribution in [1.29, 1.82) is 0 Å². The number of anilines is 6. The number of hydrogen-bond acceptors (Lipinski definition) is 2. The number of fused-ring (bicyclic) bond motifs is 10. The number of benzene rings is 9. The van der Waals surface area contributed by atoms with E-state index in [0.717, 1.165) is 29.2 Å². The minimum Gasteiger partial charge on any atom is -0.311 e. The molecule has 4 heterocycles. The molecule has 0 spiro atoms. The molecule has 0 amide bonds. The SMILES string of the molecule is CC(C)(C)Cc1cc2c3c(c1)N(c1ccc(C(C)(C)C)cc1)c1cc(-n4c5ccc(C(C)(C)C)cc5c5cc(C(C)(C)C)ccc54)ccc1B3c1ccc(-n3c4ccc(C(C)(C)C)cc4c4cc(C(C)(C)C)ccc43)cc1N2c1ccc(C(C)(C)C)cc1. The smallest absolute Gasteiger partial charge is 0.252 e. The molecule has 448 valence electrons. The maximum Gasteiger partial charge on any atom is 0.252 e. The maximum atomic E-state index is 2.63. The fourth-order valence-corrected chi connectivity index (χ4v) is 14.3. The van der Waals surface area contributed by atoms with Crippen molar-refractivity contribution in [3.63, 3.8) is 0 Å². The summed E-state index contributed by atoms with van der Waals surface area (Å²) in [6.45, 7) is 49.0. The van der Waals surface area contributed by atoms with Gasteiger partial charge in [0.1, 0.15) is 0 Å². The molecule has 2 aromatic heterocycles. The van der Waals surface area contributed by atoms with Crippen molar-refractivity contribution in [1.82, 2.24) is 9.13 Å². The van der Waals surface area contributed by atoms with Crippen LogP contribution in [0.2, 0.25) is 0 Å². The lowest BCUT2D eigenvalue weighted by Gasteiger charge is -2.45. The Morgan fingerprint density at radius 3 is 0.818 bits per heavy atom. The summed E-state index contributed by atoms with van der Waals surface area (Å²) in [4.78, 5) is 5.26. The van der Waals surface area contributed by atoms with Gasteiger partial charge in [-0.2, -0.15) is 0 Å². The Balaban J connectivity index is 1.13. The summed E-state index contributed by atoms with van der Waals surface area (Å²) in [5, 5.41) is 5.18. The van der Waals surface area contributed by atoms with Gasteiger partial charge in [0.2, 0.25) is 0 Å². The van der Waals surface area contributed by atoms with E-state index in [1.165, 1.54) is 122 Å². The summed E-state index contributed by atoms with van der Waals surface area (Å²) in [6, 6.07) is 67.9. The Morgan fingerprint density at radius 1 is 0.273 bits per heavy atom. The van der Waals surface area contributed by atoms with Gasteiger partial charge in [-0.05, 0) is 209 Å². The summed E-state index contributed by atoms with van der Waals surface area (Å²) in [6.07, 6.45) is 0.911. The molecule has 2 aliphatic rings. The zero-order valence-electron chi connectivity index (χ0n) is 56.7. The van der Waals surface area contributed by atoms with Crippen LogP contribution < -0.4 is 26.2 Å². The van der Waals surface area contributed by atoms with Gasteiger partial charge in [-0.1, -0.05) is 206 Å². The average Bonchev–Trinajstić information content (AvgIpc) is 0.708. The number of aromatic nitrogens is 2. The van der Waals surface area contributed by atoms with Crippen LogP contribution >= 0.6 is 0 Å². The van der Waals surface area contributed by atoms with Gasteiger partial charge >= 0.3 is 0 Å². The van der Waals surface area contributed by atoms with E-state index in [2.05, 4.69) is 334 Å². The van der Waals surface area contributed by atoms with E-state index in [-0.39, 0.29) is 44.6 Å². The second-order valence-corrected chi connectivity index (χ2v) is 33.6. The Labute approximate surface area is 526 Å². The van der Waals surface area contributed by atoms with E-state index < -0.39 is 0 Å². The molecule has 0 unspecified atom stereocenters.